The lowest BCUT2D eigenvalue weighted by Gasteiger charge is -2.02. The average molecular weight is 333 g/mol. The van der Waals surface area contributed by atoms with Gasteiger partial charge in [-0.2, -0.15) is 0 Å². The molecule has 1 unspecified atom stereocenters. The first-order valence-corrected chi connectivity index (χ1v) is 8.29. The Hall–Kier alpha value is -0.680. The first-order valence-electron chi connectivity index (χ1n) is 5.40. The molecule has 0 fully saturated rings. The van der Waals surface area contributed by atoms with Gasteiger partial charge in [0.25, 0.3) is 0 Å². The molecule has 1 aromatic carbocycles. The molecule has 2 aromatic rings. The molecule has 2 nitrogen and oxygen atoms in total. The lowest BCUT2D eigenvalue weighted by Crippen LogP contribution is -2.10. The lowest BCUT2D eigenvalue weighted by molar-refractivity contribution is 0.102. The Bertz CT molecular complexity index is 633. The molecule has 1 aromatic heterocycles. The average Bonchev–Trinajstić information content (AvgIpc) is 2.69. The van der Waals surface area contributed by atoms with Gasteiger partial charge in [-0.05, 0) is 25.1 Å². The molecule has 100 valence electrons. The third-order valence-electron chi connectivity index (χ3n) is 2.50. The second-order valence-electron chi connectivity index (χ2n) is 3.96. The zero-order valence-corrected chi connectivity index (χ0v) is 13.1. The van der Waals surface area contributed by atoms with Crippen LogP contribution in [0.4, 0.5) is 0 Å². The van der Waals surface area contributed by atoms with Crippen LogP contribution in [0.5, 0.6) is 0 Å². The van der Waals surface area contributed by atoms with Crippen LogP contribution in [-0.4, -0.2) is 15.7 Å². The first kappa shape index (κ1) is 14.7. The van der Waals surface area contributed by atoms with Gasteiger partial charge in [0.15, 0.2) is 5.78 Å². The maximum absolute atomic E-state index is 12.1. The second-order valence-corrected chi connectivity index (χ2v) is 7.70. The number of benzene rings is 1. The number of hydrogen-bond acceptors (Lipinski definition) is 3. The number of carbonyl (C=O) groups excluding carboxylic acids is 1. The van der Waals surface area contributed by atoms with Gasteiger partial charge in [0, 0.05) is 10.5 Å². The van der Waals surface area contributed by atoms with Gasteiger partial charge < -0.3 is 0 Å². The van der Waals surface area contributed by atoms with E-state index in [4.69, 9.17) is 23.2 Å². The minimum atomic E-state index is -1.37. The molecule has 0 aliphatic heterocycles. The Morgan fingerprint density at radius 2 is 1.89 bits per heavy atom. The van der Waals surface area contributed by atoms with Crippen LogP contribution in [0.2, 0.25) is 8.67 Å². The maximum Gasteiger partial charge on any atom is 0.178 e. The number of aryl methyl sites for hydroxylation is 1. The molecule has 0 radical (unpaired) electrons. The summed E-state index contributed by atoms with van der Waals surface area (Å²) in [7, 11) is -1.37. The van der Waals surface area contributed by atoms with Gasteiger partial charge in [0.05, 0.1) is 20.9 Å². The summed E-state index contributed by atoms with van der Waals surface area (Å²) in [5.74, 6) is -0.345. The van der Waals surface area contributed by atoms with Gasteiger partial charge >= 0.3 is 0 Å². The molecule has 0 aliphatic rings. The van der Waals surface area contributed by atoms with E-state index in [2.05, 4.69) is 0 Å². The summed E-state index contributed by atoms with van der Waals surface area (Å²) in [5.41, 5.74) is 1.43. The SMILES string of the molecule is Cc1ccc(S(=O)CC(=O)c2cc(Cl)sc2Cl)cc1. The van der Waals surface area contributed by atoms with E-state index >= 15 is 0 Å². The van der Waals surface area contributed by atoms with Gasteiger partial charge in [-0.1, -0.05) is 40.9 Å². The highest BCUT2D eigenvalue weighted by Crippen LogP contribution is 2.31. The Morgan fingerprint density at radius 3 is 2.42 bits per heavy atom. The summed E-state index contributed by atoms with van der Waals surface area (Å²) < 4.78 is 12.9. The van der Waals surface area contributed by atoms with E-state index in [9.17, 15) is 9.00 Å². The summed E-state index contributed by atoms with van der Waals surface area (Å²) in [4.78, 5) is 12.6. The summed E-state index contributed by atoms with van der Waals surface area (Å²) in [6.45, 7) is 1.95. The molecule has 2 rings (SSSR count). The number of thiophene rings is 1. The van der Waals surface area contributed by atoms with Crippen molar-refractivity contribution in [2.75, 3.05) is 5.75 Å². The summed E-state index contributed by atoms with van der Waals surface area (Å²) in [6, 6.07) is 8.78. The van der Waals surface area contributed by atoms with Crippen LogP contribution in [0.3, 0.4) is 0 Å². The van der Waals surface area contributed by atoms with Crippen LogP contribution in [0.25, 0.3) is 0 Å². The van der Waals surface area contributed by atoms with Crippen LogP contribution >= 0.6 is 34.5 Å². The van der Waals surface area contributed by atoms with E-state index in [1.165, 1.54) is 6.07 Å². The summed E-state index contributed by atoms with van der Waals surface area (Å²) in [5, 5.41) is 0. The Morgan fingerprint density at radius 1 is 1.26 bits per heavy atom. The van der Waals surface area contributed by atoms with Gasteiger partial charge in [0.2, 0.25) is 0 Å². The van der Waals surface area contributed by atoms with Crippen LogP contribution in [0.1, 0.15) is 15.9 Å². The fraction of sp³-hybridized carbons (Fsp3) is 0.154. The zero-order valence-electron chi connectivity index (χ0n) is 9.98. The monoisotopic (exact) mass is 332 g/mol. The van der Waals surface area contributed by atoms with Crippen molar-refractivity contribution < 1.29 is 9.00 Å². The minimum Gasteiger partial charge on any atom is -0.293 e. The molecule has 6 heteroatoms. The smallest absolute Gasteiger partial charge is 0.178 e. The van der Waals surface area contributed by atoms with Crippen LogP contribution < -0.4 is 0 Å². The largest absolute Gasteiger partial charge is 0.293 e. The summed E-state index contributed by atoms with van der Waals surface area (Å²) in [6.07, 6.45) is 0. The number of halogens is 2. The fourth-order valence-corrected chi connectivity index (χ4v) is 4.00. The van der Waals surface area contributed by atoms with E-state index in [1.807, 2.05) is 19.1 Å². The molecule has 1 heterocycles. The van der Waals surface area contributed by atoms with Crippen molar-refractivity contribution in [1.82, 2.24) is 0 Å². The minimum absolute atomic E-state index is 0.0875. The number of hydrogen-bond donors (Lipinski definition) is 0. The van der Waals surface area contributed by atoms with Gasteiger partial charge in [-0.25, -0.2) is 0 Å². The molecule has 0 N–H and O–H groups in total. The molecule has 1 atom stereocenters. The number of carbonyl (C=O) groups is 1. The molecule has 0 saturated heterocycles. The van der Waals surface area contributed by atoms with E-state index in [-0.39, 0.29) is 11.5 Å². The number of ketones is 1. The van der Waals surface area contributed by atoms with Gasteiger partial charge in [0.1, 0.15) is 4.34 Å². The van der Waals surface area contributed by atoms with Gasteiger partial charge in [-0.3, -0.25) is 9.00 Å². The predicted octanol–water partition coefficient (Wildman–Crippen LogP) is 4.35. The second kappa shape index (κ2) is 6.18. The fourth-order valence-electron chi connectivity index (χ4n) is 1.50. The van der Waals surface area contributed by atoms with Crippen molar-refractivity contribution in [1.29, 1.82) is 0 Å². The number of Topliss-reactive ketones (excluding diaryl/α,β-unsaturated/α-hetero) is 1. The maximum atomic E-state index is 12.1. The topological polar surface area (TPSA) is 34.1 Å². The molecule has 0 amide bonds. The third kappa shape index (κ3) is 3.66. The highest BCUT2D eigenvalue weighted by atomic mass is 35.5. The van der Waals surface area contributed by atoms with Crippen molar-refractivity contribution in [3.63, 3.8) is 0 Å². The van der Waals surface area contributed by atoms with E-state index in [0.29, 0.717) is 19.1 Å². The van der Waals surface area contributed by atoms with Crippen molar-refractivity contribution in [3.05, 3.63) is 50.1 Å². The normalized spacial score (nSPS) is 12.4. The highest BCUT2D eigenvalue weighted by molar-refractivity contribution is 7.85. The summed E-state index contributed by atoms with van der Waals surface area (Å²) >= 11 is 12.8. The molecule has 19 heavy (non-hydrogen) atoms. The predicted molar refractivity (Wildman–Crippen MR) is 81.1 cm³/mol. The molecular formula is C13H10Cl2O2S2. The van der Waals surface area contributed by atoms with Crippen molar-refractivity contribution in [2.45, 2.75) is 11.8 Å². The zero-order chi connectivity index (χ0) is 14.0. The Balaban J connectivity index is 2.13. The highest BCUT2D eigenvalue weighted by Gasteiger charge is 2.17. The molecule has 0 bridgehead atoms. The quantitative estimate of drug-likeness (QED) is 0.780. The first-order chi connectivity index (χ1) is 8.97. The van der Waals surface area contributed by atoms with Crippen LogP contribution in [-0.2, 0) is 10.8 Å². The van der Waals surface area contributed by atoms with Crippen molar-refractivity contribution >= 4 is 51.1 Å². The van der Waals surface area contributed by atoms with E-state index in [0.717, 1.165) is 16.9 Å². The number of rotatable bonds is 4. The van der Waals surface area contributed by atoms with Crippen LogP contribution in [0, 0.1) is 6.92 Å². The lowest BCUT2D eigenvalue weighted by atomic mass is 10.2. The van der Waals surface area contributed by atoms with Crippen molar-refractivity contribution in [2.24, 2.45) is 0 Å². The standard InChI is InChI=1S/C13H10Cl2O2S2/c1-8-2-4-9(5-3-8)19(17)7-11(16)10-6-12(14)18-13(10)15/h2-6H,7H2,1H3. The Kier molecular flexibility index (Phi) is 4.79. The molecular weight excluding hydrogens is 323 g/mol. The Labute approximate surface area is 127 Å². The van der Waals surface area contributed by atoms with E-state index < -0.39 is 10.8 Å². The molecule has 0 saturated carbocycles. The van der Waals surface area contributed by atoms with Crippen LogP contribution in [0.15, 0.2) is 35.2 Å². The third-order valence-corrected chi connectivity index (χ3v) is 5.31. The van der Waals surface area contributed by atoms with E-state index in [1.54, 1.807) is 12.1 Å². The van der Waals surface area contributed by atoms with Gasteiger partial charge in [-0.15, -0.1) is 11.3 Å². The molecule has 0 aliphatic carbocycles. The van der Waals surface area contributed by atoms with Crippen molar-refractivity contribution in [3.8, 4) is 0 Å². The molecule has 0 spiro atoms.